The molecule has 0 bridgehead atoms. The van der Waals surface area contributed by atoms with Gasteiger partial charge in [-0.25, -0.2) is 0 Å². The Morgan fingerprint density at radius 1 is 1.45 bits per heavy atom. The molecule has 2 heteroatoms. The molecule has 0 aliphatic carbocycles. The first kappa shape index (κ1) is 8.60. The molecule has 1 aromatic rings. The average molecular weight is 169 g/mol. The molecular formula is C9H15NS. The van der Waals surface area contributed by atoms with Gasteiger partial charge in [0, 0.05) is 17.6 Å². The van der Waals surface area contributed by atoms with Gasteiger partial charge in [-0.2, -0.15) is 11.3 Å². The van der Waals surface area contributed by atoms with Gasteiger partial charge in [-0.15, -0.1) is 0 Å². The zero-order valence-corrected chi connectivity index (χ0v) is 7.79. The average Bonchev–Trinajstić information content (AvgIpc) is 2.50. The van der Waals surface area contributed by atoms with E-state index in [1.54, 1.807) is 11.3 Å². The molecule has 11 heavy (non-hydrogen) atoms. The van der Waals surface area contributed by atoms with Crippen LogP contribution < -0.4 is 5.32 Å². The highest BCUT2D eigenvalue weighted by molar-refractivity contribution is 7.08. The fraction of sp³-hybridized carbons (Fsp3) is 0.556. The molecule has 1 rings (SSSR count). The first-order valence-electron chi connectivity index (χ1n) is 4.19. The maximum atomic E-state index is 3.37. The van der Waals surface area contributed by atoms with Crippen molar-refractivity contribution < 1.29 is 0 Å². The van der Waals surface area contributed by atoms with Crippen LogP contribution in [0.1, 0.15) is 26.2 Å². The highest BCUT2D eigenvalue weighted by Gasteiger charge is 1.89. The largest absolute Gasteiger partial charge is 0.384 e. The molecule has 0 unspecified atom stereocenters. The predicted molar refractivity (Wildman–Crippen MR) is 52.3 cm³/mol. The fourth-order valence-corrected chi connectivity index (χ4v) is 1.59. The van der Waals surface area contributed by atoms with E-state index in [-0.39, 0.29) is 0 Å². The van der Waals surface area contributed by atoms with Crippen LogP contribution in [-0.4, -0.2) is 6.54 Å². The lowest BCUT2D eigenvalue weighted by Gasteiger charge is -2.01. The summed E-state index contributed by atoms with van der Waals surface area (Å²) in [4.78, 5) is 0. The smallest absolute Gasteiger partial charge is 0.0448 e. The quantitative estimate of drug-likeness (QED) is 0.666. The van der Waals surface area contributed by atoms with E-state index < -0.39 is 0 Å². The second kappa shape index (κ2) is 5.19. The zero-order chi connectivity index (χ0) is 7.94. The molecule has 1 N–H and O–H groups in total. The Morgan fingerprint density at radius 3 is 3.00 bits per heavy atom. The van der Waals surface area contributed by atoms with Crippen molar-refractivity contribution in [1.82, 2.24) is 0 Å². The third-order valence-corrected chi connectivity index (χ3v) is 2.31. The van der Waals surface area contributed by atoms with E-state index in [1.165, 1.54) is 24.9 Å². The number of anilines is 1. The first-order chi connectivity index (χ1) is 5.43. The van der Waals surface area contributed by atoms with Gasteiger partial charge < -0.3 is 5.32 Å². The van der Waals surface area contributed by atoms with Crippen LogP contribution in [0.3, 0.4) is 0 Å². The summed E-state index contributed by atoms with van der Waals surface area (Å²) in [6.45, 7) is 3.34. The molecule has 0 radical (unpaired) electrons. The number of thiophene rings is 1. The Bertz CT molecular complexity index is 170. The minimum absolute atomic E-state index is 1.12. The van der Waals surface area contributed by atoms with Gasteiger partial charge in [-0.3, -0.25) is 0 Å². The number of hydrogen-bond donors (Lipinski definition) is 1. The van der Waals surface area contributed by atoms with E-state index in [4.69, 9.17) is 0 Å². The fourth-order valence-electron chi connectivity index (χ4n) is 0.973. The second-order valence-electron chi connectivity index (χ2n) is 2.65. The molecule has 0 aliphatic rings. The lowest BCUT2D eigenvalue weighted by atomic mass is 10.2. The third-order valence-electron chi connectivity index (χ3n) is 1.63. The standard InChI is InChI=1S/C9H15NS/c1-2-3-4-6-10-9-5-7-11-8-9/h5,7-8,10H,2-4,6H2,1H3. The van der Waals surface area contributed by atoms with Gasteiger partial charge in [0.05, 0.1) is 0 Å². The number of hydrogen-bond acceptors (Lipinski definition) is 2. The van der Waals surface area contributed by atoms with Gasteiger partial charge in [0.15, 0.2) is 0 Å². The third kappa shape index (κ3) is 3.42. The van der Waals surface area contributed by atoms with Crippen LogP contribution in [0.25, 0.3) is 0 Å². The summed E-state index contributed by atoms with van der Waals surface area (Å²) in [7, 11) is 0. The predicted octanol–water partition coefficient (Wildman–Crippen LogP) is 3.35. The van der Waals surface area contributed by atoms with E-state index in [1.807, 2.05) is 0 Å². The van der Waals surface area contributed by atoms with E-state index in [0.717, 1.165) is 6.54 Å². The van der Waals surface area contributed by atoms with Crippen molar-refractivity contribution >= 4 is 17.0 Å². The normalized spacial score (nSPS) is 9.91. The highest BCUT2D eigenvalue weighted by atomic mass is 32.1. The zero-order valence-electron chi connectivity index (χ0n) is 6.97. The van der Waals surface area contributed by atoms with Crippen LogP contribution in [0.2, 0.25) is 0 Å². The summed E-state index contributed by atoms with van der Waals surface area (Å²) >= 11 is 1.74. The van der Waals surface area contributed by atoms with Crippen molar-refractivity contribution in [3.8, 4) is 0 Å². The molecule has 1 aromatic heterocycles. The second-order valence-corrected chi connectivity index (χ2v) is 3.43. The lowest BCUT2D eigenvalue weighted by molar-refractivity contribution is 0.744. The van der Waals surface area contributed by atoms with Gasteiger partial charge in [0.1, 0.15) is 0 Å². The van der Waals surface area contributed by atoms with Crippen LogP contribution in [-0.2, 0) is 0 Å². The Kier molecular flexibility index (Phi) is 4.06. The van der Waals surface area contributed by atoms with Gasteiger partial charge >= 0.3 is 0 Å². The van der Waals surface area contributed by atoms with Crippen molar-refractivity contribution in [3.63, 3.8) is 0 Å². The van der Waals surface area contributed by atoms with Crippen LogP contribution in [0.4, 0.5) is 5.69 Å². The summed E-state index contributed by atoms with van der Waals surface area (Å²) in [5.74, 6) is 0. The highest BCUT2D eigenvalue weighted by Crippen LogP contribution is 2.11. The molecule has 1 nitrogen and oxygen atoms in total. The summed E-state index contributed by atoms with van der Waals surface area (Å²) in [6, 6.07) is 2.12. The monoisotopic (exact) mass is 169 g/mol. The Labute approximate surface area is 72.4 Å². The molecule has 0 spiro atoms. The topological polar surface area (TPSA) is 12.0 Å². The summed E-state index contributed by atoms with van der Waals surface area (Å²) in [6.07, 6.45) is 3.91. The maximum Gasteiger partial charge on any atom is 0.0448 e. The van der Waals surface area contributed by atoms with Gasteiger partial charge in [0.25, 0.3) is 0 Å². The lowest BCUT2D eigenvalue weighted by Crippen LogP contribution is -1.99. The molecule has 0 aliphatic heterocycles. The minimum atomic E-state index is 1.12. The van der Waals surface area contributed by atoms with Gasteiger partial charge in [-0.05, 0) is 17.9 Å². The summed E-state index contributed by atoms with van der Waals surface area (Å²) in [5.41, 5.74) is 1.27. The molecule has 0 saturated heterocycles. The van der Waals surface area contributed by atoms with Crippen molar-refractivity contribution in [3.05, 3.63) is 16.8 Å². The molecule has 0 saturated carbocycles. The number of unbranched alkanes of at least 4 members (excludes halogenated alkanes) is 2. The van der Waals surface area contributed by atoms with Crippen molar-refractivity contribution in [2.75, 3.05) is 11.9 Å². The summed E-state index contributed by atoms with van der Waals surface area (Å²) in [5, 5.41) is 7.61. The SMILES string of the molecule is CCCCCNc1ccsc1. The van der Waals surface area contributed by atoms with E-state index in [0.29, 0.717) is 0 Å². The molecular weight excluding hydrogens is 154 g/mol. The molecule has 0 fully saturated rings. The number of nitrogens with one attached hydrogen (secondary N) is 1. The van der Waals surface area contributed by atoms with Crippen LogP contribution in [0, 0.1) is 0 Å². The van der Waals surface area contributed by atoms with Crippen LogP contribution in [0.15, 0.2) is 16.8 Å². The first-order valence-corrected chi connectivity index (χ1v) is 5.14. The molecule has 1 heterocycles. The minimum Gasteiger partial charge on any atom is -0.384 e. The Balaban J connectivity index is 2.04. The van der Waals surface area contributed by atoms with Crippen molar-refractivity contribution in [2.45, 2.75) is 26.2 Å². The van der Waals surface area contributed by atoms with E-state index >= 15 is 0 Å². The van der Waals surface area contributed by atoms with Crippen LogP contribution in [0.5, 0.6) is 0 Å². The Morgan fingerprint density at radius 2 is 2.36 bits per heavy atom. The maximum absolute atomic E-state index is 3.37. The van der Waals surface area contributed by atoms with Crippen LogP contribution >= 0.6 is 11.3 Å². The molecule has 62 valence electrons. The molecule has 0 aromatic carbocycles. The van der Waals surface area contributed by atoms with Gasteiger partial charge in [-0.1, -0.05) is 19.8 Å². The number of rotatable bonds is 5. The Hall–Kier alpha value is -0.500. The van der Waals surface area contributed by atoms with E-state index in [2.05, 4.69) is 29.1 Å². The van der Waals surface area contributed by atoms with E-state index in [9.17, 15) is 0 Å². The molecule has 0 amide bonds. The molecule has 0 atom stereocenters. The van der Waals surface area contributed by atoms with Gasteiger partial charge in [0.2, 0.25) is 0 Å². The van der Waals surface area contributed by atoms with Crippen molar-refractivity contribution in [1.29, 1.82) is 0 Å². The van der Waals surface area contributed by atoms with Crippen molar-refractivity contribution in [2.24, 2.45) is 0 Å². The summed E-state index contributed by atoms with van der Waals surface area (Å²) < 4.78 is 0.